The Morgan fingerprint density at radius 1 is 0.897 bits per heavy atom. The number of H-pyrrole nitrogens is 1. The van der Waals surface area contributed by atoms with E-state index in [1.165, 1.54) is 24.7 Å². The molecule has 4 atom stereocenters. The molecule has 1 aromatic heterocycles. The van der Waals surface area contributed by atoms with Crippen molar-refractivity contribution in [2.75, 3.05) is 0 Å². The molecule has 0 fully saturated rings. The predicted octanol–water partition coefficient (Wildman–Crippen LogP) is -0.712. The smallest absolute Gasteiger partial charge is 0.326 e. The highest BCUT2D eigenvalue weighted by atomic mass is 16.4. The number of carbonyl (C=O) groups excluding carboxylic acids is 3. The molecule has 0 radical (unpaired) electrons. The molecule has 2 rings (SSSR count). The molecule has 0 aliphatic heterocycles. The summed E-state index contributed by atoms with van der Waals surface area (Å²) in [6, 6.07) is 0.706. The van der Waals surface area contributed by atoms with Gasteiger partial charge in [0.25, 0.3) is 0 Å². The number of amides is 3. The zero-order chi connectivity index (χ0) is 29.1. The normalized spacial score (nSPS) is 14.1. The van der Waals surface area contributed by atoms with Crippen LogP contribution in [-0.4, -0.2) is 79.1 Å². The van der Waals surface area contributed by atoms with Crippen molar-refractivity contribution in [2.45, 2.75) is 63.7 Å². The monoisotopic (exact) mass is 546 g/mol. The Labute approximate surface area is 224 Å². The fourth-order valence-corrected chi connectivity index (χ4v) is 3.70. The number of benzene rings is 1. The number of aliphatic carboxylic acids is 2. The van der Waals surface area contributed by atoms with Gasteiger partial charge in [-0.2, -0.15) is 0 Å². The summed E-state index contributed by atoms with van der Waals surface area (Å²) in [4.78, 5) is 68.6. The van der Waals surface area contributed by atoms with E-state index in [2.05, 4.69) is 25.9 Å². The number of imidazole rings is 1. The number of carbonyl (C=O) groups is 5. The van der Waals surface area contributed by atoms with Gasteiger partial charge in [0.2, 0.25) is 17.7 Å². The summed E-state index contributed by atoms with van der Waals surface area (Å²) in [5, 5.41) is 35.3. The van der Waals surface area contributed by atoms with Crippen molar-refractivity contribution in [2.24, 2.45) is 11.7 Å². The van der Waals surface area contributed by atoms with Crippen LogP contribution in [0.1, 0.15) is 37.9 Å². The minimum Gasteiger partial charge on any atom is -0.508 e. The molecule has 0 spiro atoms. The molecule has 3 amide bonds. The SMILES string of the molecule is CC(C)CC(NC(=O)C(Cc1cnc[nH]1)NC(=O)C(CC(=O)O)NC(=O)C(N)Cc1ccc(O)cc1)C(=O)O. The van der Waals surface area contributed by atoms with E-state index >= 15 is 0 Å². The lowest BCUT2D eigenvalue weighted by molar-refractivity contribution is -0.143. The first-order chi connectivity index (χ1) is 18.3. The maximum absolute atomic E-state index is 13.1. The highest BCUT2D eigenvalue weighted by Gasteiger charge is 2.32. The average molecular weight is 547 g/mol. The van der Waals surface area contributed by atoms with Gasteiger partial charge in [-0.3, -0.25) is 19.2 Å². The summed E-state index contributed by atoms with van der Waals surface area (Å²) >= 11 is 0. The molecule has 212 valence electrons. The second kappa shape index (κ2) is 14.5. The fourth-order valence-electron chi connectivity index (χ4n) is 3.70. The first kappa shape index (κ1) is 30.8. The Morgan fingerprint density at radius 3 is 2.03 bits per heavy atom. The number of nitrogens with two attached hydrogens (primary N) is 1. The van der Waals surface area contributed by atoms with Gasteiger partial charge in [0.05, 0.1) is 18.8 Å². The highest BCUT2D eigenvalue weighted by Crippen LogP contribution is 2.11. The summed E-state index contributed by atoms with van der Waals surface area (Å²) in [6.45, 7) is 3.58. The minimum atomic E-state index is -1.58. The molecule has 0 aliphatic rings. The van der Waals surface area contributed by atoms with E-state index in [9.17, 15) is 39.3 Å². The van der Waals surface area contributed by atoms with Gasteiger partial charge in [0, 0.05) is 18.3 Å². The van der Waals surface area contributed by atoms with Gasteiger partial charge in [-0.15, -0.1) is 0 Å². The lowest BCUT2D eigenvalue weighted by atomic mass is 10.0. The van der Waals surface area contributed by atoms with Crippen molar-refractivity contribution >= 4 is 29.7 Å². The van der Waals surface area contributed by atoms with Crippen molar-refractivity contribution in [3.63, 3.8) is 0 Å². The van der Waals surface area contributed by atoms with E-state index in [1.54, 1.807) is 26.0 Å². The van der Waals surface area contributed by atoms with Crippen LogP contribution < -0.4 is 21.7 Å². The maximum atomic E-state index is 13.1. The maximum Gasteiger partial charge on any atom is 0.326 e. The Balaban J connectivity index is 2.17. The molecule has 14 nitrogen and oxygen atoms in total. The third kappa shape index (κ3) is 10.4. The van der Waals surface area contributed by atoms with E-state index in [0.717, 1.165) is 0 Å². The zero-order valence-corrected chi connectivity index (χ0v) is 21.6. The lowest BCUT2D eigenvalue weighted by Crippen LogP contribution is -2.58. The molecule has 0 saturated carbocycles. The number of phenolic OH excluding ortho intramolecular Hbond substituents is 1. The van der Waals surface area contributed by atoms with Crippen LogP contribution in [0.2, 0.25) is 0 Å². The van der Waals surface area contributed by atoms with Crippen LogP contribution >= 0.6 is 0 Å². The van der Waals surface area contributed by atoms with Crippen molar-refractivity contribution < 1.29 is 39.3 Å². The molecule has 39 heavy (non-hydrogen) atoms. The van der Waals surface area contributed by atoms with E-state index in [0.29, 0.717) is 11.3 Å². The van der Waals surface area contributed by atoms with Crippen molar-refractivity contribution in [3.8, 4) is 5.75 Å². The number of hydrogen-bond acceptors (Lipinski definition) is 8. The number of carboxylic acid groups (broad SMARTS) is 2. The molecule has 0 bridgehead atoms. The molecule has 1 aromatic carbocycles. The second-order valence-electron chi connectivity index (χ2n) is 9.51. The predicted molar refractivity (Wildman–Crippen MR) is 137 cm³/mol. The quantitative estimate of drug-likeness (QED) is 0.140. The Bertz CT molecular complexity index is 1140. The van der Waals surface area contributed by atoms with Crippen molar-refractivity contribution in [1.82, 2.24) is 25.9 Å². The highest BCUT2D eigenvalue weighted by molar-refractivity contribution is 5.95. The molecular weight excluding hydrogens is 512 g/mol. The Morgan fingerprint density at radius 2 is 1.49 bits per heavy atom. The Hall–Kier alpha value is -4.46. The van der Waals surface area contributed by atoms with E-state index in [1.807, 2.05) is 0 Å². The first-order valence-corrected chi connectivity index (χ1v) is 12.2. The Kier molecular flexibility index (Phi) is 11.4. The number of carboxylic acids is 2. The molecule has 2 aromatic rings. The largest absolute Gasteiger partial charge is 0.508 e. The van der Waals surface area contributed by atoms with E-state index < -0.39 is 60.2 Å². The second-order valence-corrected chi connectivity index (χ2v) is 9.51. The van der Waals surface area contributed by atoms with Gasteiger partial charge in [-0.1, -0.05) is 26.0 Å². The fraction of sp³-hybridized carbons (Fsp3) is 0.440. The van der Waals surface area contributed by atoms with Crippen molar-refractivity contribution in [1.29, 1.82) is 0 Å². The van der Waals surface area contributed by atoms with Crippen LogP contribution in [0.4, 0.5) is 0 Å². The van der Waals surface area contributed by atoms with Crippen LogP contribution in [0.5, 0.6) is 5.75 Å². The number of rotatable bonds is 15. The van der Waals surface area contributed by atoms with E-state index in [4.69, 9.17) is 5.73 Å². The molecule has 4 unspecified atom stereocenters. The van der Waals surface area contributed by atoms with Gasteiger partial charge in [0.1, 0.15) is 23.9 Å². The third-order valence-corrected chi connectivity index (χ3v) is 5.67. The minimum absolute atomic E-state index is 0.0302. The summed E-state index contributed by atoms with van der Waals surface area (Å²) < 4.78 is 0. The first-order valence-electron chi connectivity index (χ1n) is 12.2. The molecular formula is C25H34N6O8. The van der Waals surface area contributed by atoms with Crippen LogP contribution in [-0.2, 0) is 36.8 Å². The third-order valence-electron chi connectivity index (χ3n) is 5.67. The number of aromatic hydroxyl groups is 1. The number of nitrogens with one attached hydrogen (secondary N) is 4. The summed E-state index contributed by atoms with van der Waals surface area (Å²) in [5.74, 6) is -5.24. The number of hydrogen-bond donors (Lipinski definition) is 8. The van der Waals surface area contributed by atoms with Gasteiger partial charge in [-0.05, 0) is 36.5 Å². The van der Waals surface area contributed by atoms with E-state index in [-0.39, 0.29) is 30.9 Å². The summed E-state index contributed by atoms with van der Waals surface area (Å²) in [6.07, 6.45) is 2.04. The zero-order valence-electron chi connectivity index (χ0n) is 21.6. The van der Waals surface area contributed by atoms with Crippen LogP contribution in [0, 0.1) is 5.92 Å². The van der Waals surface area contributed by atoms with Crippen LogP contribution in [0.15, 0.2) is 36.8 Å². The molecule has 1 heterocycles. The van der Waals surface area contributed by atoms with Gasteiger partial charge in [-0.25, -0.2) is 9.78 Å². The number of aromatic amines is 1. The molecule has 14 heteroatoms. The molecule has 0 saturated heterocycles. The summed E-state index contributed by atoms with van der Waals surface area (Å²) in [5.41, 5.74) is 7.02. The molecule has 0 aliphatic carbocycles. The standard InChI is InChI=1S/C25H34N6O8/c1-13(2)7-20(25(38)39)31-23(36)18(9-15-11-27-12-28-15)30-24(37)19(10-21(33)34)29-22(35)17(26)8-14-3-5-16(32)6-4-14/h3-6,11-13,17-20,32H,7-10,26H2,1-2H3,(H,27,28)(H,29,35)(H,30,37)(H,31,36)(H,33,34)(H,38,39). The number of aromatic nitrogens is 2. The summed E-state index contributed by atoms with van der Waals surface area (Å²) in [7, 11) is 0. The topological polar surface area (TPSA) is 237 Å². The van der Waals surface area contributed by atoms with Crippen LogP contribution in [0.3, 0.4) is 0 Å². The molecule has 9 N–H and O–H groups in total. The van der Waals surface area contributed by atoms with Gasteiger partial charge >= 0.3 is 11.9 Å². The average Bonchev–Trinajstić information content (AvgIpc) is 3.36. The number of phenols is 1. The van der Waals surface area contributed by atoms with Gasteiger partial charge < -0.3 is 42.0 Å². The van der Waals surface area contributed by atoms with Crippen LogP contribution in [0.25, 0.3) is 0 Å². The number of nitrogens with zero attached hydrogens (tertiary/aromatic N) is 1. The lowest BCUT2D eigenvalue weighted by Gasteiger charge is -2.25. The van der Waals surface area contributed by atoms with Crippen molar-refractivity contribution in [3.05, 3.63) is 48.0 Å². The van der Waals surface area contributed by atoms with Gasteiger partial charge in [0.15, 0.2) is 0 Å².